The summed E-state index contributed by atoms with van der Waals surface area (Å²) in [7, 11) is 0. The first-order chi connectivity index (χ1) is 7.22. The van der Waals surface area contributed by atoms with Crippen molar-refractivity contribution in [2.45, 2.75) is 38.1 Å². The van der Waals surface area contributed by atoms with Crippen molar-refractivity contribution in [3.05, 3.63) is 35.4 Å². The lowest BCUT2D eigenvalue weighted by Crippen LogP contribution is -2.56. The molecule has 1 heteroatoms. The van der Waals surface area contributed by atoms with E-state index in [0.717, 1.165) is 5.92 Å². The number of fused-ring (bicyclic) bond motifs is 4. The van der Waals surface area contributed by atoms with Crippen molar-refractivity contribution < 1.29 is 0 Å². The number of nitrogens with one attached hydrogen (secondary N) is 1. The molecule has 0 aromatic heterocycles. The Labute approximate surface area is 91.9 Å². The predicted octanol–water partition coefficient (Wildman–Crippen LogP) is 2.50. The maximum Gasteiger partial charge on any atom is 0.0142 e. The van der Waals surface area contributed by atoms with Gasteiger partial charge in [-0.05, 0) is 41.8 Å². The molecule has 1 N–H and O–H groups in total. The maximum absolute atomic E-state index is 3.67. The van der Waals surface area contributed by atoms with E-state index < -0.39 is 0 Å². The highest BCUT2D eigenvalue weighted by atomic mass is 14.9. The van der Waals surface area contributed by atoms with Crippen molar-refractivity contribution in [3.63, 3.8) is 0 Å². The van der Waals surface area contributed by atoms with Gasteiger partial charge in [0, 0.05) is 6.04 Å². The second kappa shape index (κ2) is 3.08. The number of hydrogen-bond donors (Lipinski definition) is 1. The zero-order valence-corrected chi connectivity index (χ0v) is 9.59. The van der Waals surface area contributed by atoms with E-state index in [1.54, 1.807) is 11.1 Å². The fraction of sp³-hybridized carbons (Fsp3) is 0.571. The van der Waals surface area contributed by atoms with Crippen LogP contribution in [0.15, 0.2) is 24.3 Å². The van der Waals surface area contributed by atoms with E-state index in [2.05, 4.69) is 43.4 Å². The molecule has 0 radical (unpaired) electrons. The fourth-order valence-electron chi connectivity index (χ4n) is 3.49. The third-order valence-electron chi connectivity index (χ3n) is 4.73. The lowest BCUT2D eigenvalue weighted by Gasteiger charge is -2.50. The van der Waals surface area contributed by atoms with Crippen LogP contribution in [-0.2, 0) is 11.8 Å². The van der Waals surface area contributed by atoms with Crippen LogP contribution >= 0.6 is 0 Å². The van der Waals surface area contributed by atoms with E-state index in [0.29, 0.717) is 11.5 Å². The van der Waals surface area contributed by atoms with E-state index in [1.807, 2.05) is 0 Å². The van der Waals surface area contributed by atoms with Gasteiger partial charge in [-0.2, -0.15) is 0 Å². The molecule has 80 valence electrons. The molecular formula is C14H19N. The van der Waals surface area contributed by atoms with E-state index in [4.69, 9.17) is 0 Å². The Hall–Kier alpha value is -0.820. The minimum Gasteiger partial charge on any atom is -0.313 e. The zero-order valence-electron chi connectivity index (χ0n) is 9.59. The van der Waals surface area contributed by atoms with Crippen molar-refractivity contribution in [1.82, 2.24) is 5.32 Å². The molecule has 3 rings (SSSR count). The quantitative estimate of drug-likeness (QED) is 0.680. The Balaban J connectivity index is 2.17. The van der Waals surface area contributed by atoms with Gasteiger partial charge in [-0.15, -0.1) is 0 Å². The maximum atomic E-state index is 3.67. The lowest BCUT2D eigenvalue weighted by atomic mass is 9.60. The van der Waals surface area contributed by atoms with Gasteiger partial charge in [0.15, 0.2) is 0 Å². The Morgan fingerprint density at radius 1 is 1.33 bits per heavy atom. The molecular weight excluding hydrogens is 182 g/mol. The first-order valence-electron chi connectivity index (χ1n) is 6.03. The van der Waals surface area contributed by atoms with Crippen LogP contribution in [0.25, 0.3) is 0 Å². The molecule has 1 nitrogen and oxygen atoms in total. The molecule has 0 spiro atoms. The number of benzene rings is 1. The second-order valence-electron chi connectivity index (χ2n) is 5.38. The first kappa shape index (κ1) is 9.41. The number of hydrogen-bond acceptors (Lipinski definition) is 1. The SMILES string of the molecule is C[C@H]1C2Cc3ccccc3[C@]1(C)CCN2. The molecule has 0 saturated carbocycles. The molecule has 15 heavy (non-hydrogen) atoms. The lowest BCUT2D eigenvalue weighted by molar-refractivity contribution is 0.158. The van der Waals surface area contributed by atoms with Crippen LogP contribution in [0.5, 0.6) is 0 Å². The van der Waals surface area contributed by atoms with Crippen molar-refractivity contribution in [2.24, 2.45) is 5.92 Å². The zero-order chi connectivity index (χ0) is 10.5. The molecule has 1 fully saturated rings. The molecule has 1 aliphatic heterocycles. The van der Waals surface area contributed by atoms with Gasteiger partial charge in [-0.25, -0.2) is 0 Å². The van der Waals surface area contributed by atoms with Gasteiger partial charge < -0.3 is 5.32 Å². The van der Waals surface area contributed by atoms with Gasteiger partial charge in [-0.1, -0.05) is 38.1 Å². The predicted molar refractivity (Wildman–Crippen MR) is 63.1 cm³/mol. The molecule has 1 heterocycles. The fourth-order valence-corrected chi connectivity index (χ4v) is 3.49. The van der Waals surface area contributed by atoms with E-state index in [1.165, 1.54) is 19.4 Å². The summed E-state index contributed by atoms with van der Waals surface area (Å²) in [5.74, 6) is 0.765. The molecule has 1 aliphatic carbocycles. The highest BCUT2D eigenvalue weighted by molar-refractivity contribution is 5.39. The molecule has 1 aromatic rings. The Morgan fingerprint density at radius 2 is 2.13 bits per heavy atom. The van der Waals surface area contributed by atoms with E-state index in [9.17, 15) is 0 Å². The van der Waals surface area contributed by atoms with Gasteiger partial charge in [0.25, 0.3) is 0 Å². The Bertz CT molecular complexity index is 385. The van der Waals surface area contributed by atoms with Gasteiger partial charge in [0.2, 0.25) is 0 Å². The number of rotatable bonds is 0. The summed E-state index contributed by atoms with van der Waals surface area (Å²) >= 11 is 0. The van der Waals surface area contributed by atoms with Crippen molar-refractivity contribution >= 4 is 0 Å². The summed E-state index contributed by atoms with van der Waals surface area (Å²) in [6.45, 7) is 6.04. The van der Waals surface area contributed by atoms with Gasteiger partial charge in [0.1, 0.15) is 0 Å². The smallest absolute Gasteiger partial charge is 0.0142 e. The van der Waals surface area contributed by atoms with Crippen LogP contribution in [0.2, 0.25) is 0 Å². The van der Waals surface area contributed by atoms with Crippen molar-refractivity contribution in [2.75, 3.05) is 6.54 Å². The number of piperidine rings is 1. The summed E-state index contributed by atoms with van der Waals surface area (Å²) in [4.78, 5) is 0. The van der Waals surface area contributed by atoms with E-state index in [-0.39, 0.29) is 0 Å². The molecule has 1 unspecified atom stereocenters. The average Bonchev–Trinajstić information content (AvgIpc) is 2.23. The average molecular weight is 201 g/mol. The second-order valence-corrected chi connectivity index (χ2v) is 5.38. The third-order valence-corrected chi connectivity index (χ3v) is 4.73. The molecule has 2 aliphatic rings. The summed E-state index contributed by atoms with van der Waals surface area (Å²) in [5, 5.41) is 3.67. The molecule has 3 atom stereocenters. The van der Waals surface area contributed by atoms with E-state index >= 15 is 0 Å². The summed E-state index contributed by atoms with van der Waals surface area (Å²) in [6.07, 6.45) is 2.49. The highest BCUT2D eigenvalue weighted by Gasteiger charge is 2.44. The van der Waals surface area contributed by atoms with Gasteiger partial charge >= 0.3 is 0 Å². The minimum absolute atomic E-state index is 0.408. The summed E-state index contributed by atoms with van der Waals surface area (Å²) in [6, 6.07) is 9.71. The van der Waals surface area contributed by atoms with Crippen LogP contribution < -0.4 is 5.32 Å². The van der Waals surface area contributed by atoms with Crippen LogP contribution in [0, 0.1) is 5.92 Å². The Kier molecular flexibility index (Phi) is 1.93. The molecule has 0 amide bonds. The summed E-state index contributed by atoms with van der Waals surface area (Å²) < 4.78 is 0. The van der Waals surface area contributed by atoms with Crippen LogP contribution in [0.4, 0.5) is 0 Å². The first-order valence-corrected chi connectivity index (χ1v) is 6.03. The third kappa shape index (κ3) is 1.19. The van der Waals surface area contributed by atoms with Crippen LogP contribution in [0.1, 0.15) is 31.4 Å². The monoisotopic (exact) mass is 201 g/mol. The van der Waals surface area contributed by atoms with Crippen molar-refractivity contribution in [3.8, 4) is 0 Å². The standard InChI is InChI=1S/C14H19N/c1-10-13-9-11-5-3-4-6-12(11)14(10,2)7-8-15-13/h3-6,10,13,15H,7-9H2,1-2H3/t10-,13?,14+/m0/s1. The Morgan fingerprint density at radius 3 is 3.00 bits per heavy atom. The normalized spacial score (nSPS) is 38.5. The summed E-state index contributed by atoms with van der Waals surface area (Å²) in [5.41, 5.74) is 3.58. The van der Waals surface area contributed by atoms with Gasteiger partial charge in [-0.3, -0.25) is 0 Å². The largest absolute Gasteiger partial charge is 0.313 e. The molecule has 1 saturated heterocycles. The van der Waals surface area contributed by atoms with Crippen LogP contribution in [0.3, 0.4) is 0 Å². The molecule has 1 aromatic carbocycles. The highest BCUT2D eigenvalue weighted by Crippen LogP contribution is 2.45. The molecule has 2 bridgehead atoms. The van der Waals surface area contributed by atoms with Crippen LogP contribution in [-0.4, -0.2) is 12.6 Å². The minimum atomic E-state index is 0.408. The topological polar surface area (TPSA) is 12.0 Å². The van der Waals surface area contributed by atoms with Gasteiger partial charge in [0.05, 0.1) is 0 Å². The van der Waals surface area contributed by atoms with Crippen molar-refractivity contribution in [1.29, 1.82) is 0 Å².